The van der Waals surface area contributed by atoms with Gasteiger partial charge in [0.05, 0.1) is 25.0 Å². The molecule has 2 aromatic rings. The maximum Gasteiger partial charge on any atom is 0.251 e. The molecule has 1 atom stereocenters. The topological polar surface area (TPSA) is 54.3 Å². The number of benzene rings is 2. The molecular weight excluding hydrogens is 364 g/mol. The zero-order valence-electron chi connectivity index (χ0n) is 15.3. The van der Waals surface area contributed by atoms with Crippen LogP contribution in [0.3, 0.4) is 0 Å². The Balaban J connectivity index is 1.74. The van der Waals surface area contributed by atoms with Gasteiger partial charge in [-0.25, -0.2) is 13.8 Å². The Morgan fingerprint density at radius 1 is 1.14 bits per heavy atom. The molecule has 28 heavy (non-hydrogen) atoms. The lowest BCUT2D eigenvalue weighted by Crippen LogP contribution is -2.42. The van der Waals surface area contributed by atoms with E-state index >= 15 is 0 Å². The summed E-state index contributed by atoms with van der Waals surface area (Å²) in [5.41, 5.74) is 2.62. The summed E-state index contributed by atoms with van der Waals surface area (Å²) in [4.78, 5) is 17.2. The highest BCUT2D eigenvalue weighted by atomic mass is 19.1. The van der Waals surface area contributed by atoms with Gasteiger partial charge in [0.25, 0.3) is 5.91 Å². The lowest BCUT2D eigenvalue weighted by molar-refractivity contribution is -0.131. The van der Waals surface area contributed by atoms with Gasteiger partial charge in [-0.3, -0.25) is 9.79 Å². The van der Waals surface area contributed by atoms with Crippen molar-refractivity contribution in [3.63, 3.8) is 0 Å². The fourth-order valence-electron chi connectivity index (χ4n) is 3.29. The van der Waals surface area contributed by atoms with Crippen molar-refractivity contribution in [2.45, 2.75) is 19.5 Å². The highest BCUT2D eigenvalue weighted by Gasteiger charge is 2.33. The van der Waals surface area contributed by atoms with Crippen LogP contribution in [0.5, 0.6) is 5.75 Å². The third kappa shape index (κ3) is 3.19. The average molecular weight is 381 g/mol. The molecule has 1 unspecified atom stereocenters. The van der Waals surface area contributed by atoms with Crippen molar-refractivity contribution in [1.29, 1.82) is 0 Å². The zero-order chi connectivity index (χ0) is 19.8. The third-order valence-corrected chi connectivity index (χ3v) is 4.72. The fraction of sp³-hybridized carbons (Fsp3) is 0.190. The first-order valence-electron chi connectivity index (χ1n) is 8.72. The number of halogens is 2. The van der Waals surface area contributed by atoms with Gasteiger partial charge in [-0.05, 0) is 55.0 Å². The van der Waals surface area contributed by atoms with Gasteiger partial charge in [0.15, 0.2) is 6.17 Å². The number of carbonyl (C=O) groups is 1. The molecule has 2 aromatic carbocycles. The number of hydrazone groups is 1. The van der Waals surface area contributed by atoms with E-state index in [0.717, 1.165) is 11.6 Å². The second kappa shape index (κ2) is 6.99. The van der Waals surface area contributed by atoms with Gasteiger partial charge >= 0.3 is 0 Å². The van der Waals surface area contributed by atoms with E-state index in [4.69, 9.17) is 4.74 Å². The van der Waals surface area contributed by atoms with Crippen LogP contribution in [0.2, 0.25) is 0 Å². The van der Waals surface area contributed by atoms with E-state index < -0.39 is 17.8 Å². The number of ether oxygens (including phenoxy) is 1. The standard InChI is InChI=1S/C21H17F2N3O2/c1-12-17(16-8-5-14(22)9-18(16)23)10-20-24-19(11-21(27)26(20)25-12)13-3-6-15(28-2)7-4-13/h3-10,20H,11H2,1-2H3. The zero-order valence-corrected chi connectivity index (χ0v) is 15.3. The van der Waals surface area contributed by atoms with Crippen LogP contribution < -0.4 is 4.74 Å². The van der Waals surface area contributed by atoms with E-state index in [1.165, 1.54) is 17.1 Å². The van der Waals surface area contributed by atoms with Crippen LogP contribution in [-0.4, -0.2) is 35.6 Å². The first kappa shape index (κ1) is 18.0. The van der Waals surface area contributed by atoms with Gasteiger partial charge in [0.1, 0.15) is 17.4 Å². The molecule has 4 rings (SSSR count). The van der Waals surface area contributed by atoms with Gasteiger partial charge in [-0.2, -0.15) is 5.10 Å². The van der Waals surface area contributed by atoms with Gasteiger partial charge < -0.3 is 4.74 Å². The van der Waals surface area contributed by atoms with Crippen molar-refractivity contribution in [2.75, 3.05) is 7.11 Å². The van der Waals surface area contributed by atoms with Crippen molar-refractivity contribution < 1.29 is 18.3 Å². The Kier molecular flexibility index (Phi) is 4.50. The van der Waals surface area contributed by atoms with E-state index in [1.807, 2.05) is 12.1 Å². The molecule has 2 aliphatic heterocycles. The van der Waals surface area contributed by atoms with Crippen LogP contribution in [0.15, 0.2) is 58.6 Å². The van der Waals surface area contributed by atoms with Gasteiger partial charge in [0.2, 0.25) is 0 Å². The van der Waals surface area contributed by atoms with E-state index in [1.54, 1.807) is 32.2 Å². The minimum absolute atomic E-state index is 0.119. The van der Waals surface area contributed by atoms with Crippen LogP contribution in [0.4, 0.5) is 8.78 Å². The molecule has 0 fully saturated rings. The minimum atomic E-state index is -0.684. The number of allylic oxidation sites excluding steroid dienone is 1. The molecule has 0 aliphatic carbocycles. The first-order valence-corrected chi connectivity index (χ1v) is 8.72. The summed E-state index contributed by atoms with van der Waals surface area (Å²) < 4.78 is 32.7. The molecule has 0 radical (unpaired) electrons. The maximum atomic E-state index is 14.3. The van der Waals surface area contributed by atoms with E-state index in [2.05, 4.69) is 10.1 Å². The van der Waals surface area contributed by atoms with E-state index in [-0.39, 0.29) is 17.9 Å². The van der Waals surface area contributed by atoms with E-state index in [0.29, 0.717) is 22.7 Å². The number of nitrogens with zero attached hydrogens (tertiary/aromatic N) is 3. The second-order valence-electron chi connectivity index (χ2n) is 6.52. The number of amides is 1. The summed E-state index contributed by atoms with van der Waals surface area (Å²) in [5.74, 6) is -0.822. The molecule has 5 nitrogen and oxygen atoms in total. The number of hydrogen-bond donors (Lipinski definition) is 0. The number of hydrogen-bond acceptors (Lipinski definition) is 4. The summed E-state index contributed by atoms with van der Waals surface area (Å²) in [7, 11) is 1.58. The van der Waals surface area contributed by atoms with Crippen molar-refractivity contribution in [1.82, 2.24) is 5.01 Å². The summed E-state index contributed by atoms with van der Waals surface area (Å²) in [5, 5.41) is 5.61. The molecule has 0 bridgehead atoms. The van der Waals surface area contributed by atoms with Crippen LogP contribution in [0, 0.1) is 11.6 Å². The Bertz CT molecular complexity index is 1040. The normalized spacial score (nSPS) is 18.9. The Morgan fingerprint density at radius 3 is 2.57 bits per heavy atom. The van der Waals surface area contributed by atoms with E-state index in [9.17, 15) is 13.6 Å². The molecule has 142 valence electrons. The third-order valence-electron chi connectivity index (χ3n) is 4.72. The number of fused-ring (bicyclic) bond motifs is 1. The molecule has 0 N–H and O–H groups in total. The molecular formula is C21H17F2N3O2. The van der Waals surface area contributed by atoms with Gasteiger partial charge in [-0.1, -0.05) is 0 Å². The maximum absolute atomic E-state index is 14.3. The largest absolute Gasteiger partial charge is 0.497 e. The summed E-state index contributed by atoms with van der Waals surface area (Å²) >= 11 is 0. The van der Waals surface area contributed by atoms with Crippen LogP contribution in [0.1, 0.15) is 24.5 Å². The van der Waals surface area contributed by atoms with Crippen LogP contribution >= 0.6 is 0 Å². The smallest absolute Gasteiger partial charge is 0.251 e. The quantitative estimate of drug-likeness (QED) is 0.812. The fourth-order valence-corrected chi connectivity index (χ4v) is 3.29. The highest BCUT2D eigenvalue weighted by Crippen LogP contribution is 2.29. The number of carbonyl (C=O) groups excluding carboxylic acids is 1. The van der Waals surface area contributed by atoms with Gasteiger partial charge in [0, 0.05) is 17.2 Å². The molecule has 1 amide bonds. The predicted molar refractivity (Wildman–Crippen MR) is 102 cm³/mol. The Labute approximate surface area is 160 Å². The van der Waals surface area contributed by atoms with Crippen LogP contribution in [-0.2, 0) is 4.79 Å². The predicted octanol–water partition coefficient (Wildman–Crippen LogP) is 3.79. The number of aliphatic imine (C=N–C) groups is 1. The lowest BCUT2D eigenvalue weighted by Gasteiger charge is -2.32. The number of rotatable bonds is 3. The first-order chi connectivity index (χ1) is 13.5. The van der Waals surface area contributed by atoms with Crippen molar-refractivity contribution in [2.24, 2.45) is 10.1 Å². The summed E-state index contributed by atoms with van der Waals surface area (Å²) in [6.07, 6.45) is 1.12. The molecule has 2 heterocycles. The van der Waals surface area contributed by atoms with Gasteiger partial charge in [-0.15, -0.1) is 0 Å². The van der Waals surface area contributed by atoms with Crippen LogP contribution in [0.25, 0.3) is 5.57 Å². The number of methoxy groups -OCH3 is 1. The molecule has 0 aromatic heterocycles. The van der Waals surface area contributed by atoms with Crippen molar-refractivity contribution >= 4 is 22.9 Å². The Morgan fingerprint density at radius 2 is 1.89 bits per heavy atom. The molecule has 0 saturated carbocycles. The minimum Gasteiger partial charge on any atom is -0.497 e. The summed E-state index contributed by atoms with van der Waals surface area (Å²) in [6.45, 7) is 1.68. The van der Waals surface area contributed by atoms with Crippen molar-refractivity contribution in [3.05, 3.63) is 71.3 Å². The van der Waals surface area contributed by atoms with Crippen molar-refractivity contribution in [3.8, 4) is 5.75 Å². The average Bonchev–Trinajstić information content (AvgIpc) is 2.68. The molecule has 2 aliphatic rings. The molecule has 0 spiro atoms. The highest BCUT2D eigenvalue weighted by molar-refractivity contribution is 6.24. The second-order valence-corrected chi connectivity index (χ2v) is 6.52. The summed E-state index contributed by atoms with van der Waals surface area (Å²) in [6, 6.07) is 10.7. The lowest BCUT2D eigenvalue weighted by atomic mass is 9.97. The SMILES string of the molecule is COc1ccc(C2=NC3C=C(c4ccc(F)cc4F)C(C)=NN3C(=O)C2)cc1. The molecule has 0 saturated heterocycles. The Hall–Kier alpha value is -3.35. The monoisotopic (exact) mass is 381 g/mol. The molecule has 7 heteroatoms.